The Kier molecular flexibility index (Phi) is 5.08. The average Bonchev–Trinajstić information content (AvgIpc) is 3.06. The number of rotatable bonds is 7. The van der Waals surface area contributed by atoms with Crippen LogP contribution in [-0.4, -0.2) is 37.0 Å². The highest BCUT2D eigenvalue weighted by Gasteiger charge is 2.17. The van der Waals surface area contributed by atoms with Crippen LogP contribution in [0.1, 0.15) is 37.5 Å². The normalized spacial score (nSPS) is 12.3. The van der Waals surface area contributed by atoms with Gasteiger partial charge in [0.05, 0.1) is 0 Å². The fraction of sp³-hybridized carbons (Fsp3) is 0.571. The van der Waals surface area contributed by atoms with Crippen molar-refractivity contribution in [1.29, 1.82) is 0 Å². The number of aromatic nitrogens is 5. The third-order valence-corrected chi connectivity index (χ3v) is 3.34. The van der Waals surface area contributed by atoms with Crippen LogP contribution in [-0.2, 0) is 11.3 Å². The molecule has 7 heteroatoms. The van der Waals surface area contributed by atoms with E-state index >= 15 is 0 Å². The monoisotopic (exact) mass is 290 g/mol. The van der Waals surface area contributed by atoms with Crippen molar-refractivity contribution in [1.82, 2.24) is 29.9 Å². The molecule has 0 aliphatic rings. The molecule has 0 aliphatic heterocycles. The Balaban J connectivity index is 1.77. The van der Waals surface area contributed by atoms with E-state index in [0.29, 0.717) is 6.54 Å². The molecule has 2 aromatic heterocycles. The number of aryl methyl sites for hydroxylation is 3. The lowest BCUT2D eigenvalue weighted by Gasteiger charge is -2.15. The average molecular weight is 290 g/mol. The summed E-state index contributed by atoms with van der Waals surface area (Å²) in [6, 6.07) is 1.58. The quantitative estimate of drug-likeness (QED) is 0.778. The summed E-state index contributed by atoms with van der Waals surface area (Å²) in [6.07, 6.45) is 5.04. The fourth-order valence-corrected chi connectivity index (χ4v) is 2.29. The van der Waals surface area contributed by atoms with Gasteiger partial charge in [-0.15, -0.1) is 0 Å². The molecular weight excluding hydrogens is 268 g/mol. The van der Waals surface area contributed by atoms with Crippen LogP contribution in [0.2, 0.25) is 0 Å². The standard InChI is InChI=1S/C14H22N6O/c1-4-13(20-10-6-8-16-20)14(21)15-7-5-9-19-12(3)17-11(2)18-19/h6,8,10,13H,4-5,7,9H2,1-3H3,(H,15,21)/t13-/m1/s1. The van der Waals surface area contributed by atoms with Crippen LogP contribution in [0.4, 0.5) is 0 Å². The van der Waals surface area contributed by atoms with E-state index in [1.54, 1.807) is 10.9 Å². The zero-order valence-electron chi connectivity index (χ0n) is 12.8. The second-order valence-corrected chi connectivity index (χ2v) is 4.98. The topological polar surface area (TPSA) is 77.6 Å². The Morgan fingerprint density at radius 1 is 1.43 bits per heavy atom. The van der Waals surface area contributed by atoms with Crippen LogP contribution in [0, 0.1) is 13.8 Å². The summed E-state index contributed by atoms with van der Waals surface area (Å²) in [5.41, 5.74) is 0. The van der Waals surface area contributed by atoms with Gasteiger partial charge in [0.2, 0.25) is 5.91 Å². The molecule has 21 heavy (non-hydrogen) atoms. The largest absolute Gasteiger partial charge is 0.354 e. The third kappa shape index (κ3) is 3.90. The van der Waals surface area contributed by atoms with Crippen molar-refractivity contribution in [3.8, 4) is 0 Å². The zero-order chi connectivity index (χ0) is 15.2. The van der Waals surface area contributed by atoms with Crippen LogP contribution < -0.4 is 5.32 Å². The molecule has 114 valence electrons. The smallest absolute Gasteiger partial charge is 0.244 e. The van der Waals surface area contributed by atoms with E-state index in [4.69, 9.17) is 0 Å². The molecule has 0 spiro atoms. The Bertz CT molecular complexity index is 574. The van der Waals surface area contributed by atoms with E-state index in [9.17, 15) is 4.79 Å². The molecule has 2 rings (SSSR count). The van der Waals surface area contributed by atoms with Crippen molar-refractivity contribution in [2.45, 2.75) is 46.2 Å². The maximum atomic E-state index is 12.1. The van der Waals surface area contributed by atoms with Crippen LogP contribution in [0.15, 0.2) is 18.5 Å². The first kappa shape index (κ1) is 15.2. The Labute approximate surface area is 124 Å². The molecule has 0 aliphatic carbocycles. The molecular formula is C14H22N6O. The summed E-state index contributed by atoms with van der Waals surface area (Å²) >= 11 is 0. The van der Waals surface area contributed by atoms with Gasteiger partial charge in [-0.05, 0) is 32.8 Å². The SMILES string of the molecule is CC[C@H](C(=O)NCCCn1nc(C)nc1C)n1cccn1. The number of carbonyl (C=O) groups excluding carboxylic acids is 1. The summed E-state index contributed by atoms with van der Waals surface area (Å²) in [5.74, 6) is 1.69. The molecule has 2 heterocycles. The first-order valence-electron chi connectivity index (χ1n) is 7.26. The number of hydrogen-bond acceptors (Lipinski definition) is 4. The lowest BCUT2D eigenvalue weighted by Crippen LogP contribution is -2.33. The number of amides is 1. The molecule has 0 aromatic carbocycles. The summed E-state index contributed by atoms with van der Waals surface area (Å²) in [4.78, 5) is 16.4. The van der Waals surface area contributed by atoms with Crippen LogP contribution in [0.5, 0.6) is 0 Å². The van der Waals surface area contributed by atoms with Crippen molar-refractivity contribution < 1.29 is 4.79 Å². The van der Waals surface area contributed by atoms with Crippen LogP contribution in [0.25, 0.3) is 0 Å². The molecule has 1 amide bonds. The molecule has 1 N–H and O–H groups in total. The predicted molar refractivity (Wildman–Crippen MR) is 78.7 cm³/mol. The summed E-state index contributed by atoms with van der Waals surface area (Å²) < 4.78 is 3.56. The van der Waals surface area contributed by atoms with Crippen molar-refractivity contribution in [2.24, 2.45) is 0 Å². The molecule has 0 bridgehead atoms. The van der Waals surface area contributed by atoms with E-state index in [0.717, 1.165) is 31.0 Å². The third-order valence-electron chi connectivity index (χ3n) is 3.34. The number of hydrogen-bond donors (Lipinski definition) is 1. The maximum Gasteiger partial charge on any atom is 0.244 e. The number of nitrogens with zero attached hydrogens (tertiary/aromatic N) is 5. The summed E-state index contributed by atoms with van der Waals surface area (Å²) in [7, 11) is 0. The minimum Gasteiger partial charge on any atom is -0.354 e. The van der Waals surface area contributed by atoms with Gasteiger partial charge in [0.25, 0.3) is 0 Å². The van der Waals surface area contributed by atoms with Gasteiger partial charge in [0, 0.05) is 25.5 Å². The van der Waals surface area contributed by atoms with E-state index in [2.05, 4.69) is 20.5 Å². The first-order valence-corrected chi connectivity index (χ1v) is 7.26. The van der Waals surface area contributed by atoms with E-state index < -0.39 is 0 Å². The molecule has 0 saturated heterocycles. The Hall–Kier alpha value is -2.18. The van der Waals surface area contributed by atoms with E-state index in [-0.39, 0.29) is 11.9 Å². The molecule has 2 aromatic rings. The van der Waals surface area contributed by atoms with Gasteiger partial charge in [0.15, 0.2) is 0 Å². The van der Waals surface area contributed by atoms with Gasteiger partial charge in [0.1, 0.15) is 17.7 Å². The molecule has 0 fully saturated rings. The highest BCUT2D eigenvalue weighted by molar-refractivity contribution is 5.80. The molecule has 0 saturated carbocycles. The minimum atomic E-state index is -0.240. The molecule has 1 atom stereocenters. The lowest BCUT2D eigenvalue weighted by molar-refractivity contribution is -0.124. The molecule has 0 radical (unpaired) electrons. The van der Waals surface area contributed by atoms with Crippen molar-refractivity contribution in [3.63, 3.8) is 0 Å². The van der Waals surface area contributed by atoms with Crippen LogP contribution >= 0.6 is 0 Å². The second kappa shape index (κ2) is 7.01. The van der Waals surface area contributed by atoms with Gasteiger partial charge in [-0.1, -0.05) is 6.92 Å². The summed E-state index contributed by atoms with van der Waals surface area (Å²) in [6.45, 7) is 7.17. The number of nitrogens with one attached hydrogen (secondary N) is 1. The molecule has 0 unspecified atom stereocenters. The predicted octanol–water partition coefficient (Wildman–Crippen LogP) is 1.25. The Morgan fingerprint density at radius 3 is 2.81 bits per heavy atom. The highest BCUT2D eigenvalue weighted by Crippen LogP contribution is 2.09. The minimum absolute atomic E-state index is 0.00712. The second-order valence-electron chi connectivity index (χ2n) is 4.98. The van der Waals surface area contributed by atoms with Gasteiger partial charge in [-0.3, -0.25) is 14.2 Å². The van der Waals surface area contributed by atoms with Crippen molar-refractivity contribution >= 4 is 5.91 Å². The fourth-order valence-electron chi connectivity index (χ4n) is 2.29. The van der Waals surface area contributed by atoms with Crippen molar-refractivity contribution in [3.05, 3.63) is 30.1 Å². The summed E-state index contributed by atoms with van der Waals surface area (Å²) in [5, 5.41) is 11.4. The zero-order valence-corrected chi connectivity index (χ0v) is 12.8. The Morgan fingerprint density at radius 2 is 2.24 bits per heavy atom. The van der Waals surface area contributed by atoms with Crippen molar-refractivity contribution in [2.75, 3.05) is 6.54 Å². The van der Waals surface area contributed by atoms with Gasteiger partial charge in [-0.2, -0.15) is 10.2 Å². The van der Waals surface area contributed by atoms with Gasteiger partial charge < -0.3 is 5.32 Å². The van der Waals surface area contributed by atoms with Crippen LogP contribution in [0.3, 0.4) is 0 Å². The highest BCUT2D eigenvalue weighted by atomic mass is 16.2. The lowest BCUT2D eigenvalue weighted by atomic mass is 10.2. The first-order chi connectivity index (χ1) is 10.1. The molecule has 7 nitrogen and oxygen atoms in total. The van der Waals surface area contributed by atoms with E-state index in [1.165, 1.54) is 0 Å². The van der Waals surface area contributed by atoms with Gasteiger partial charge >= 0.3 is 0 Å². The maximum absolute atomic E-state index is 12.1. The number of carbonyl (C=O) groups is 1. The van der Waals surface area contributed by atoms with Gasteiger partial charge in [-0.25, -0.2) is 4.98 Å². The van der Waals surface area contributed by atoms with E-state index in [1.807, 2.05) is 37.7 Å².